The minimum Gasteiger partial charge on any atom is -0.391 e. The number of aliphatic hydroxyl groups excluding tert-OH is 1. The highest BCUT2D eigenvalue weighted by Gasteiger charge is 2.24. The highest BCUT2D eigenvalue weighted by atomic mass is 16.6. The van der Waals surface area contributed by atoms with E-state index in [0.29, 0.717) is 24.9 Å². The number of benzene rings is 1. The molecule has 2 rings (SSSR count). The number of para-hydroxylation sites is 1. The summed E-state index contributed by atoms with van der Waals surface area (Å²) in [5, 5.41) is 26.1. The van der Waals surface area contributed by atoms with Crippen LogP contribution in [0.25, 0.3) is 0 Å². The third-order valence-electron chi connectivity index (χ3n) is 3.91. The quantitative estimate of drug-likeness (QED) is 0.569. The van der Waals surface area contributed by atoms with Crippen LogP contribution in [0.15, 0.2) is 24.3 Å². The molecule has 0 heterocycles. The molecule has 1 aromatic rings. The number of carbonyl (C=O) groups is 1. The number of aliphatic hydroxyl groups is 1. The van der Waals surface area contributed by atoms with Crippen molar-refractivity contribution in [3.63, 3.8) is 0 Å². The average molecular weight is 307 g/mol. The molecule has 1 fully saturated rings. The van der Waals surface area contributed by atoms with Crippen LogP contribution in [0.5, 0.6) is 0 Å². The molecule has 0 aliphatic heterocycles. The Morgan fingerprint density at radius 1 is 1.32 bits per heavy atom. The molecule has 1 aliphatic carbocycles. The summed E-state index contributed by atoms with van der Waals surface area (Å²) < 4.78 is 0. The van der Waals surface area contributed by atoms with E-state index in [0.717, 1.165) is 19.3 Å². The largest absolute Gasteiger partial charge is 0.391 e. The molecule has 0 radical (unpaired) electrons. The number of nitro groups is 1. The van der Waals surface area contributed by atoms with E-state index in [9.17, 15) is 20.0 Å². The summed E-state index contributed by atoms with van der Waals surface area (Å²) in [6, 6.07) is 5.94. The molecule has 22 heavy (non-hydrogen) atoms. The van der Waals surface area contributed by atoms with Gasteiger partial charge in [-0.2, -0.15) is 0 Å². The molecule has 0 unspecified atom stereocenters. The highest BCUT2D eigenvalue weighted by molar-refractivity contribution is 5.74. The molecular weight excluding hydrogens is 286 g/mol. The van der Waals surface area contributed by atoms with E-state index in [1.165, 1.54) is 6.07 Å². The van der Waals surface area contributed by atoms with Gasteiger partial charge in [0.1, 0.15) is 0 Å². The Labute approximate surface area is 128 Å². The van der Waals surface area contributed by atoms with Gasteiger partial charge in [-0.25, -0.2) is 4.79 Å². The Morgan fingerprint density at radius 2 is 2.05 bits per heavy atom. The van der Waals surface area contributed by atoms with Gasteiger partial charge in [0, 0.05) is 18.2 Å². The van der Waals surface area contributed by atoms with E-state index in [1.54, 1.807) is 18.2 Å². The van der Waals surface area contributed by atoms with Crippen LogP contribution in [0.1, 0.15) is 31.2 Å². The number of nitrogens with one attached hydrogen (secondary N) is 2. The molecule has 2 atom stereocenters. The molecule has 120 valence electrons. The van der Waals surface area contributed by atoms with Gasteiger partial charge >= 0.3 is 6.03 Å². The second-order valence-corrected chi connectivity index (χ2v) is 5.49. The molecule has 2 amide bonds. The van der Waals surface area contributed by atoms with E-state index >= 15 is 0 Å². The second kappa shape index (κ2) is 7.74. The van der Waals surface area contributed by atoms with Gasteiger partial charge in [-0.05, 0) is 19.3 Å². The maximum Gasteiger partial charge on any atom is 0.315 e. The van der Waals surface area contributed by atoms with Crippen molar-refractivity contribution in [3.05, 3.63) is 39.9 Å². The molecule has 3 N–H and O–H groups in total. The van der Waals surface area contributed by atoms with Crippen molar-refractivity contribution in [2.24, 2.45) is 0 Å². The normalized spacial score (nSPS) is 21.1. The fourth-order valence-electron chi connectivity index (χ4n) is 2.71. The predicted molar refractivity (Wildman–Crippen MR) is 81.6 cm³/mol. The summed E-state index contributed by atoms with van der Waals surface area (Å²) in [5.41, 5.74) is 0.651. The van der Waals surface area contributed by atoms with Crippen molar-refractivity contribution in [2.75, 3.05) is 6.54 Å². The van der Waals surface area contributed by atoms with Crippen molar-refractivity contribution in [1.29, 1.82) is 0 Å². The van der Waals surface area contributed by atoms with Crippen LogP contribution in [0.4, 0.5) is 10.5 Å². The molecular formula is C15H21N3O4. The Kier molecular flexibility index (Phi) is 5.71. The van der Waals surface area contributed by atoms with Crippen LogP contribution in [0.2, 0.25) is 0 Å². The van der Waals surface area contributed by atoms with E-state index in [-0.39, 0.29) is 17.8 Å². The molecule has 0 spiro atoms. The van der Waals surface area contributed by atoms with E-state index < -0.39 is 11.0 Å². The van der Waals surface area contributed by atoms with Crippen LogP contribution in [-0.2, 0) is 6.42 Å². The smallest absolute Gasteiger partial charge is 0.315 e. The summed E-state index contributed by atoms with van der Waals surface area (Å²) in [7, 11) is 0. The molecule has 7 heteroatoms. The van der Waals surface area contributed by atoms with Gasteiger partial charge < -0.3 is 15.7 Å². The molecule has 1 aromatic carbocycles. The van der Waals surface area contributed by atoms with Gasteiger partial charge in [0.25, 0.3) is 5.69 Å². The molecule has 0 saturated heterocycles. The molecule has 7 nitrogen and oxygen atoms in total. The van der Waals surface area contributed by atoms with Gasteiger partial charge in [0.2, 0.25) is 0 Å². The number of carbonyl (C=O) groups excluding carboxylic acids is 1. The van der Waals surface area contributed by atoms with Crippen LogP contribution in [0.3, 0.4) is 0 Å². The van der Waals surface area contributed by atoms with Gasteiger partial charge in [-0.15, -0.1) is 0 Å². The zero-order valence-corrected chi connectivity index (χ0v) is 12.3. The average Bonchev–Trinajstić information content (AvgIpc) is 2.50. The summed E-state index contributed by atoms with van der Waals surface area (Å²) in [4.78, 5) is 22.3. The summed E-state index contributed by atoms with van der Waals surface area (Å²) in [6.45, 7) is 0.305. The van der Waals surface area contributed by atoms with Gasteiger partial charge in [-0.1, -0.05) is 31.0 Å². The van der Waals surface area contributed by atoms with Crippen LogP contribution < -0.4 is 10.6 Å². The van der Waals surface area contributed by atoms with Crippen LogP contribution >= 0.6 is 0 Å². The number of nitro benzene ring substituents is 1. The number of urea groups is 1. The third kappa shape index (κ3) is 4.42. The second-order valence-electron chi connectivity index (χ2n) is 5.49. The fraction of sp³-hybridized carbons (Fsp3) is 0.533. The van der Waals surface area contributed by atoms with Crippen molar-refractivity contribution >= 4 is 11.7 Å². The minimum atomic E-state index is -0.491. The first-order valence-electron chi connectivity index (χ1n) is 7.52. The van der Waals surface area contributed by atoms with Crippen molar-refractivity contribution in [3.8, 4) is 0 Å². The van der Waals surface area contributed by atoms with E-state index in [2.05, 4.69) is 10.6 Å². The van der Waals surface area contributed by atoms with Crippen molar-refractivity contribution in [1.82, 2.24) is 10.6 Å². The predicted octanol–water partition coefficient (Wildman–Crippen LogP) is 1.74. The fourth-order valence-corrected chi connectivity index (χ4v) is 2.71. The Bertz CT molecular complexity index is 535. The lowest BCUT2D eigenvalue weighted by molar-refractivity contribution is -0.385. The standard InChI is InChI=1S/C15H21N3O4/c19-14-8-4-2-6-12(14)17-15(20)16-10-9-11-5-1-3-7-13(11)18(21)22/h1,3,5,7,12,14,19H,2,4,6,8-10H2,(H2,16,17,20)/t12-,14-/m0/s1. The highest BCUT2D eigenvalue weighted by Crippen LogP contribution is 2.19. The van der Waals surface area contributed by atoms with Crippen LogP contribution in [0, 0.1) is 10.1 Å². The Hall–Kier alpha value is -2.15. The summed E-state index contributed by atoms with van der Waals surface area (Å²) >= 11 is 0. The lowest BCUT2D eigenvalue weighted by atomic mass is 9.93. The van der Waals surface area contributed by atoms with Gasteiger partial charge in [0.05, 0.1) is 17.1 Å². The molecule has 1 saturated carbocycles. The topological polar surface area (TPSA) is 104 Å². The Balaban J connectivity index is 1.78. The molecule has 1 aliphatic rings. The number of rotatable bonds is 5. The Morgan fingerprint density at radius 3 is 2.77 bits per heavy atom. The third-order valence-corrected chi connectivity index (χ3v) is 3.91. The number of hydrogen-bond donors (Lipinski definition) is 3. The zero-order valence-electron chi connectivity index (χ0n) is 12.3. The van der Waals surface area contributed by atoms with Crippen molar-refractivity contribution in [2.45, 2.75) is 44.2 Å². The summed E-state index contributed by atoms with van der Waals surface area (Å²) in [6.07, 6.45) is 3.36. The number of amides is 2. The maximum absolute atomic E-state index is 11.8. The maximum atomic E-state index is 11.8. The van der Waals surface area contributed by atoms with E-state index in [4.69, 9.17) is 0 Å². The monoisotopic (exact) mass is 307 g/mol. The lowest BCUT2D eigenvalue weighted by Gasteiger charge is -2.28. The summed E-state index contributed by atoms with van der Waals surface area (Å²) in [5.74, 6) is 0. The number of nitrogens with zero attached hydrogens (tertiary/aromatic N) is 1. The first-order chi connectivity index (χ1) is 10.6. The zero-order chi connectivity index (χ0) is 15.9. The van der Waals surface area contributed by atoms with Crippen LogP contribution in [-0.4, -0.2) is 34.8 Å². The SMILES string of the molecule is O=C(NCCc1ccccc1[N+](=O)[O-])N[C@H]1CCCC[C@@H]1O. The molecule has 0 bridgehead atoms. The number of hydrogen-bond acceptors (Lipinski definition) is 4. The first-order valence-corrected chi connectivity index (χ1v) is 7.52. The minimum absolute atomic E-state index is 0.0624. The first kappa shape index (κ1) is 16.2. The van der Waals surface area contributed by atoms with Gasteiger partial charge in [-0.3, -0.25) is 10.1 Å². The molecule has 0 aromatic heterocycles. The van der Waals surface area contributed by atoms with Crippen molar-refractivity contribution < 1.29 is 14.8 Å². The van der Waals surface area contributed by atoms with Gasteiger partial charge in [0.15, 0.2) is 0 Å². The lowest BCUT2D eigenvalue weighted by Crippen LogP contribution is -2.49. The van der Waals surface area contributed by atoms with E-state index in [1.807, 2.05) is 0 Å².